The van der Waals surface area contributed by atoms with Gasteiger partial charge in [0, 0.05) is 32.8 Å². The van der Waals surface area contributed by atoms with Gasteiger partial charge in [0.15, 0.2) is 0 Å². The fraction of sp³-hybridized carbons (Fsp3) is 0.0714. The van der Waals surface area contributed by atoms with Crippen LogP contribution in [-0.2, 0) is 5.41 Å². The molecule has 8 aromatic carbocycles. The molecular formula is C56H41N3O2. The van der Waals surface area contributed by atoms with E-state index in [1.165, 1.54) is 5.56 Å². The summed E-state index contributed by atoms with van der Waals surface area (Å²) in [6.45, 7) is 6.74. The minimum absolute atomic E-state index is 0.0730. The first-order chi connectivity index (χ1) is 29.8. The first-order valence-electron chi connectivity index (χ1n) is 20.7. The molecule has 3 aromatic heterocycles. The van der Waals surface area contributed by atoms with Crippen LogP contribution in [0.25, 0.3) is 106 Å². The van der Waals surface area contributed by atoms with E-state index in [1.807, 2.05) is 36.4 Å². The zero-order chi connectivity index (χ0) is 41.2. The van der Waals surface area contributed by atoms with Crippen molar-refractivity contribution in [2.45, 2.75) is 26.2 Å². The fourth-order valence-corrected chi connectivity index (χ4v) is 8.72. The summed E-state index contributed by atoms with van der Waals surface area (Å²) in [5.74, 6) is 0.819. The average molecular weight is 788 g/mol. The van der Waals surface area contributed by atoms with Crippen LogP contribution in [0.2, 0.25) is 0 Å². The Morgan fingerprint density at radius 2 is 1.20 bits per heavy atom. The average Bonchev–Trinajstić information content (AvgIpc) is 3.87. The van der Waals surface area contributed by atoms with Gasteiger partial charge < -0.3 is 9.52 Å². The predicted molar refractivity (Wildman–Crippen MR) is 251 cm³/mol. The molecule has 0 fully saturated rings. The van der Waals surface area contributed by atoms with Crippen molar-refractivity contribution in [2.75, 3.05) is 0 Å². The van der Waals surface area contributed by atoms with Crippen molar-refractivity contribution in [3.8, 4) is 67.5 Å². The van der Waals surface area contributed by atoms with Gasteiger partial charge in [-0.3, -0.25) is 4.57 Å². The molecule has 0 amide bonds. The molecule has 0 aliphatic heterocycles. The molecule has 0 saturated heterocycles. The van der Waals surface area contributed by atoms with E-state index >= 15 is 0 Å². The molecule has 0 saturated carbocycles. The number of hydrogen-bond donors (Lipinski definition) is 1. The third kappa shape index (κ3) is 6.25. The summed E-state index contributed by atoms with van der Waals surface area (Å²) in [6, 6.07) is 65.0. The highest BCUT2D eigenvalue weighted by atomic mass is 16.3. The summed E-state index contributed by atoms with van der Waals surface area (Å²) in [7, 11) is 0. The number of pyridine rings is 1. The van der Waals surface area contributed by atoms with Gasteiger partial charge in [-0.05, 0) is 99.3 Å². The summed E-state index contributed by atoms with van der Waals surface area (Å²) >= 11 is 0. The van der Waals surface area contributed by atoms with Crippen molar-refractivity contribution >= 4 is 43.9 Å². The lowest BCUT2D eigenvalue weighted by molar-refractivity contribution is 0.477. The standard InChI is InChI=1S/C56H41N3O2/c1-56(2,3)41-26-30-49(46(34-41)36-17-8-5-9-18-36)59-50-33-40(35-15-6-4-7-16-35)32-47(52(50)58-54(59)45-23-12-13-24-51(45)60)38-20-14-21-39(31-38)48-29-28-44-43-27-25-37-19-10-11-22-42(37)53(43)61-55(44)57-48/h4-34,60H,1-3H3. The van der Waals surface area contributed by atoms with E-state index in [4.69, 9.17) is 14.4 Å². The van der Waals surface area contributed by atoms with Crippen molar-refractivity contribution in [1.82, 2.24) is 14.5 Å². The van der Waals surface area contributed by atoms with E-state index in [9.17, 15) is 5.11 Å². The fourth-order valence-electron chi connectivity index (χ4n) is 8.72. The Labute approximate surface area is 353 Å². The second-order valence-electron chi connectivity index (χ2n) is 16.8. The van der Waals surface area contributed by atoms with Crippen molar-refractivity contribution < 1.29 is 9.52 Å². The Kier molecular flexibility index (Phi) is 8.46. The first kappa shape index (κ1) is 36.3. The molecule has 0 bridgehead atoms. The number of rotatable bonds is 6. The molecule has 1 N–H and O–H groups in total. The molecule has 0 aliphatic carbocycles. The number of phenols is 1. The Morgan fingerprint density at radius 3 is 2.00 bits per heavy atom. The van der Waals surface area contributed by atoms with E-state index in [0.717, 1.165) is 88.5 Å². The van der Waals surface area contributed by atoms with Crippen LogP contribution in [-0.4, -0.2) is 19.6 Å². The summed E-state index contributed by atoms with van der Waals surface area (Å²) in [5, 5.41) is 15.7. The first-order valence-corrected chi connectivity index (χ1v) is 20.7. The molecule has 292 valence electrons. The van der Waals surface area contributed by atoms with Gasteiger partial charge in [-0.15, -0.1) is 0 Å². The number of phenolic OH excluding ortho intramolecular Hbond substituents is 1. The normalized spacial score (nSPS) is 11.9. The second-order valence-corrected chi connectivity index (χ2v) is 16.8. The number of furan rings is 1. The number of nitrogens with zero attached hydrogens (tertiary/aromatic N) is 3. The quantitative estimate of drug-likeness (QED) is 0.182. The Bertz CT molecular complexity index is 3460. The summed E-state index contributed by atoms with van der Waals surface area (Å²) < 4.78 is 8.73. The molecule has 0 radical (unpaired) electrons. The van der Waals surface area contributed by atoms with E-state index in [0.29, 0.717) is 17.1 Å². The van der Waals surface area contributed by atoms with Crippen molar-refractivity contribution in [2.24, 2.45) is 0 Å². The van der Waals surface area contributed by atoms with Gasteiger partial charge in [-0.1, -0.05) is 148 Å². The van der Waals surface area contributed by atoms with Crippen LogP contribution >= 0.6 is 0 Å². The topological polar surface area (TPSA) is 64.1 Å². The molecule has 5 nitrogen and oxygen atoms in total. The number of benzene rings is 8. The van der Waals surface area contributed by atoms with Crippen LogP contribution in [0.15, 0.2) is 192 Å². The van der Waals surface area contributed by atoms with E-state index in [1.54, 1.807) is 6.07 Å². The lowest BCUT2D eigenvalue weighted by atomic mass is 9.85. The van der Waals surface area contributed by atoms with Crippen LogP contribution in [0.5, 0.6) is 5.75 Å². The highest BCUT2D eigenvalue weighted by Gasteiger charge is 2.25. The van der Waals surface area contributed by atoms with Gasteiger partial charge in [-0.25, -0.2) is 9.97 Å². The van der Waals surface area contributed by atoms with Gasteiger partial charge in [0.05, 0.1) is 28.0 Å². The zero-order valence-corrected chi connectivity index (χ0v) is 34.1. The highest BCUT2D eigenvalue weighted by Crippen LogP contribution is 2.43. The largest absolute Gasteiger partial charge is 0.507 e. The van der Waals surface area contributed by atoms with E-state index in [2.05, 4.69) is 171 Å². The predicted octanol–water partition coefficient (Wildman–Crippen LogP) is 14.8. The lowest BCUT2D eigenvalue weighted by Gasteiger charge is -2.23. The number of fused-ring (bicyclic) bond motifs is 6. The second kappa shape index (κ2) is 14.2. The zero-order valence-electron chi connectivity index (χ0n) is 34.1. The Balaban J connectivity index is 1.16. The van der Waals surface area contributed by atoms with Gasteiger partial charge in [-0.2, -0.15) is 0 Å². The van der Waals surface area contributed by atoms with Crippen molar-refractivity contribution in [3.63, 3.8) is 0 Å². The number of aromatic nitrogens is 3. The van der Waals surface area contributed by atoms with Crippen molar-refractivity contribution in [3.05, 3.63) is 194 Å². The Hall–Kier alpha value is -7.76. The lowest BCUT2D eigenvalue weighted by Crippen LogP contribution is -2.12. The van der Waals surface area contributed by atoms with Crippen LogP contribution in [0.3, 0.4) is 0 Å². The van der Waals surface area contributed by atoms with Crippen molar-refractivity contribution in [1.29, 1.82) is 0 Å². The highest BCUT2D eigenvalue weighted by molar-refractivity contribution is 6.14. The van der Waals surface area contributed by atoms with Crippen LogP contribution < -0.4 is 0 Å². The summed E-state index contributed by atoms with van der Waals surface area (Å²) in [6.07, 6.45) is 0. The van der Waals surface area contributed by atoms with Gasteiger partial charge in [0.2, 0.25) is 5.71 Å². The molecule has 11 rings (SSSR count). The van der Waals surface area contributed by atoms with E-state index in [-0.39, 0.29) is 11.2 Å². The molecule has 3 heterocycles. The molecule has 0 atom stereocenters. The third-order valence-corrected chi connectivity index (χ3v) is 11.9. The SMILES string of the molecule is CC(C)(C)c1ccc(-n2c(-c3ccccc3O)nc3c(-c4cccc(-c5ccc6c(n5)oc5c7ccccc7ccc65)c4)cc(-c4ccccc4)cc32)c(-c2ccccc2)c1. The maximum Gasteiger partial charge on any atom is 0.227 e. The molecular weight excluding hydrogens is 747 g/mol. The molecule has 11 aromatic rings. The smallest absolute Gasteiger partial charge is 0.227 e. The number of hydrogen-bond acceptors (Lipinski definition) is 4. The third-order valence-electron chi connectivity index (χ3n) is 11.9. The van der Waals surface area contributed by atoms with Gasteiger partial charge in [0.1, 0.15) is 17.2 Å². The van der Waals surface area contributed by atoms with Gasteiger partial charge >= 0.3 is 0 Å². The molecule has 0 spiro atoms. The monoisotopic (exact) mass is 787 g/mol. The van der Waals surface area contributed by atoms with E-state index < -0.39 is 0 Å². The Morgan fingerprint density at radius 1 is 0.492 bits per heavy atom. The molecule has 61 heavy (non-hydrogen) atoms. The van der Waals surface area contributed by atoms with Crippen LogP contribution in [0, 0.1) is 0 Å². The van der Waals surface area contributed by atoms with Crippen LogP contribution in [0.4, 0.5) is 0 Å². The molecule has 0 unspecified atom stereocenters. The molecule has 0 aliphatic rings. The summed E-state index contributed by atoms with van der Waals surface area (Å²) in [4.78, 5) is 10.6. The number of para-hydroxylation sites is 1. The van der Waals surface area contributed by atoms with Gasteiger partial charge in [0.25, 0.3) is 0 Å². The maximum absolute atomic E-state index is 11.5. The number of imidazole rings is 1. The minimum atomic E-state index is -0.0730. The summed E-state index contributed by atoms with van der Waals surface area (Å²) in [5.41, 5.74) is 14.1. The maximum atomic E-state index is 11.5. The molecule has 5 heteroatoms. The number of aromatic hydroxyl groups is 1. The van der Waals surface area contributed by atoms with Crippen LogP contribution in [0.1, 0.15) is 26.3 Å². The minimum Gasteiger partial charge on any atom is -0.507 e.